The quantitative estimate of drug-likeness (QED) is 0.652. The van der Waals surface area contributed by atoms with Crippen molar-refractivity contribution in [1.82, 2.24) is 4.37 Å². The van der Waals surface area contributed by atoms with Crippen molar-refractivity contribution in [2.75, 3.05) is 7.11 Å². The van der Waals surface area contributed by atoms with E-state index in [2.05, 4.69) is 9.11 Å². The normalized spacial score (nSPS) is 12.5. The summed E-state index contributed by atoms with van der Waals surface area (Å²) >= 11 is 1.20. The van der Waals surface area contributed by atoms with E-state index in [9.17, 15) is 4.79 Å². The average molecular weight is 172 g/mol. The second-order valence-electron chi connectivity index (χ2n) is 1.92. The predicted molar refractivity (Wildman–Crippen MR) is 41.1 cm³/mol. The van der Waals surface area contributed by atoms with Gasteiger partial charge in [-0.05, 0) is 17.6 Å². The van der Waals surface area contributed by atoms with E-state index in [0.29, 0.717) is 0 Å². The molecular formula is C6H8N2O2S. The summed E-state index contributed by atoms with van der Waals surface area (Å²) in [5, 5.41) is 0. The minimum absolute atomic E-state index is 0.436. The molecule has 0 fully saturated rings. The molecule has 0 aliphatic carbocycles. The van der Waals surface area contributed by atoms with E-state index >= 15 is 0 Å². The van der Waals surface area contributed by atoms with E-state index in [1.165, 1.54) is 18.6 Å². The second-order valence-corrected chi connectivity index (χ2v) is 2.78. The van der Waals surface area contributed by atoms with Gasteiger partial charge in [-0.2, -0.15) is 0 Å². The first-order valence-corrected chi connectivity index (χ1v) is 3.77. The van der Waals surface area contributed by atoms with Crippen molar-refractivity contribution in [3.8, 4) is 0 Å². The van der Waals surface area contributed by atoms with Gasteiger partial charge in [-0.1, -0.05) is 0 Å². The van der Waals surface area contributed by atoms with Gasteiger partial charge in [0.15, 0.2) is 0 Å². The Hall–Kier alpha value is -0.940. The summed E-state index contributed by atoms with van der Waals surface area (Å²) < 4.78 is 8.26. The summed E-state index contributed by atoms with van der Waals surface area (Å²) in [6.07, 6.45) is 1.60. The van der Waals surface area contributed by atoms with E-state index in [1.807, 2.05) is 0 Å². The van der Waals surface area contributed by atoms with Crippen molar-refractivity contribution in [2.24, 2.45) is 5.73 Å². The molecule has 0 radical (unpaired) electrons. The van der Waals surface area contributed by atoms with Crippen LogP contribution < -0.4 is 5.73 Å². The Kier molecular flexibility index (Phi) is 2.56. The summed E-state index contributed by atoms with van der Waals surface area (Å²) in [4.78, 5) is 11.6. The Bertz CT molecular complexity index is 235. The molecule has 0 saturated carbocycles. The summed E-state index contributed by atoms with van der Waals surface area (Å²) in [7, 11) is 1.31. The molecule has 1 rings (SSSR count). The lowest BCUT2D eigenvalue weighted by Crippen LogP contribution is -2.21. The third-order valence-corrected chi connectivity index (χ3v) is 2.05. The molecule has 1 unspecified atom stereocenters. The minimum atomic E-state index is -0.688. The molecule has 5 heteroatoms. The molecule has 0 bridgehead atoms. The number of aromatic nitrogens is 1. The van der Waals surface area contributed by atoms with Crippen molar-refractivity contribution in [1.29, 1.82) is 0 Å². The van der Waals surface area contributed by atoms with Crippen molar-refractivity contribution >= 4 is 17.5 Å². The number of nitrogens with two attached hydrogens (primary N) is 1. The number of carbonyl (C=O) groups excluding carboxylic acids is 1. The van der Waals surface area contributed by atoms with Crippen LogP contribution in [0, 0.1) is 0 Å². The zero-order valence-corrected chi connectivity index (χ0v) is 6.80. The van der Waals surface area contributed by atoms with Gasteiger partial charge in [-0.3, -0.25) is 0 Å². The molecule has 1 aromatic heterocycles. The van der Waals surface area contributed by atoms with Crippen molar-refractivity contribution in [2.45, 2.75) is 6.04 Å². The van der Waals surface area contributed by atoms with Crippen molar-refractivity contribution in [3.05, 3.63) is 17.1 Å². The highest BCUT2D eigenvalue weighted by molar-refractivity contribution is 7.05. The Morgan fingerprint density at radius 1 is 1.91 bits per heavy atom. The van der Waals surface area contributed by atoms with Crippen molar-refractivity contribution < 1.29 is 9.53 Å². The molecule has 0 saturated heterocycles. The van der Waals surface area contributed by atoms with Crippen LogP contribution in [0.3, 0.4) is 0 Å². The zero-order chi connectivity index (χ0) is 8.27. The van der Waals surface area contributed by atoms with Gasteiger partial charge in [0.05, 0.1) is 12.0 Å². The molecule has 11 heavy (non-hydrogen) atoms. The molecule has 1 heterocycles. The Morgan fingerprint density at radius 3 is 3.09 bits per heavy atom. The molecule has 4 nitrogen and oxygen atoms in total. The van der Waals surface area contributed by atoms with Crippen molar-refractivity contribution in [3.63, 3.8) is 0 Å². The summed E-state index contributed by atoms with van der Waals surface area (Å²) in [6, 6.07) is 1.01. The molecule has 0 aliphatic heterocycles. The van der Waals surface area contributed by atoms with Gasteiger partial charge in [0, 0.05) is 6.20 Å². The van der Waals surface area contributed by atoms with Crippen LogP contribution in [0.1, 0.15) is 10.9 Å². The first-order chi connectivity index (χ1) is 5.25. The van der Waals surface area contributed by atoms with Crippen LogP contribution >= 0.6 is 11.5 Å². The van der Waals surface area contributed by atoms with Crippen LogP contribution in [0.15, 0.2) is 12.3 Å². The number of rotatable bonds is 2. The van der Waals surface area contributed by atoms with Crippen LogP contribution in [0.25, 0.3) is 0 Å². The lowest BCUT2D eigenvalue weighted by molar-refractivity contribution is -0.142. The van der Waals surface area contributed by atoms with E-state index in [0.717, 1.165) is 4.88 Å². The van der Waals surface area contributed by atoms with Crippen LogP contribution in [-0.4, -0.2) is 17.5 Å². The molecule has 0 amide bonds. The zero-order valence-electron chi connectivity index (χ0n) is 5.98. The maximum atomic E-state index is 10.8. The first-order valence-electron chi connectivity index (χ1n) is 2.99. The Morgan fingerprint density at radius 2 is 2.64 bits per heavy atom. The maximum Gasteiger partial charge on any atom is 0.328 e. The lowest BCUT2D eigenvalue weighted by atomic mass is 10.3. The number of methoxy groups -OCH3 is 1. The van der Waals surface area contributed by atoms with Gasteiger partial charge in [0.1, 0.15) is 6.04 Å². The van der Waals surface area contributed by atoms with Gasteiger partial charge in [-0.15, -0.1) is 0 Å². The number of hydrogen-bond donors (Lipinski definition) is 1. The number of ether oxygens (including phenoxy) is 1. The van der Waals surface area contributed by atoms with Gasteiger partial charge in [-0.25, -0.2) is 9.17 Å². The predicted octanol–water partition coefficient (Wildman–Crippen LogP) is 0.316. The number of carbonyl (C=O) groups is 1. The topological polar surface area (TPSA) is 65.2 Å². The highest BCUT2D eigenvalue weighted by atomic mass is 32.1. The van der Waals surface area contributed by atoms with Gasteiger partial charge >= 0.3 is 5.97 Å². The molecular weight excluding hydrogens is 164 g/mol. The minimum Gasteiger partial charge on any atom is -0.468 e. The highest BCUT2D eigenvalue weighted by Gasteiger charge is 2.16. The van der Waals surface area contributed by atoms with E-state index in [4.69, 9.17) is 5.73 Å². The van der Waals surface area contributed by atoms with E-state index < -0.39 is 12.0 Å². The maximum absolute atomic E-state index is 10.8. The number of hydrogen-bond acceptors (Lipinski definition) is 5. The summed E-state index contributed by atoms with van der Waals surface area (Å²) in [6.45, 7) is 0. The fourth-order valence-corrected chi connectivity index (χ4v) is 1.20. The summed E-state index contributed by atoms with van der Waals surface area (Å²) in [5.74, 6) is -0.436. The van der Waals surface area contributed by atoms with Gasteiger partial charge in [0.25, 0.3) is 0 Å². The highest BCUT2D eigenvalue weighted by Crippen LogP contribution is 2.14. The molecule has 1 aromatic rings. The van der Waals surface area contributed by atoms with Crippen LogP contribution in [0.4, 0.5) is 0 Å². The number of esters is 1. The van der Waals surface area contributed by atoms with Gasteiger partial charge in [0.2, 0.25) is 0 Å². The second kappa shape index (κ2) is 3.45. The number of nitrogens with zero attached hydrogens (tertiary/aromatic N) is 1. The molecule has 0 aliphatic rings. The largest absolute Gasteiger partial charge is 0.468 e. The molecule has 60 valence electrons. The SMILES string of the molecule is COC(=O)C(N)c1ccns1. The molecule has 1 atom stereocenters. The van der Waals surface area contributed by atoms with E-state index in [1.54, 1.807) is 12.3 Å². The van der Waals surface area contributed by atoms with Crippen LogP contribution in [0.2, 0.25) is 0 Å². The standard InChI is InChI=1S/C6H8N2O2S/c1-10-6(9)5(7)4-2-3-8-11-4/h2-3,5H,7H2,1H3. The van der Waals surface area contributed by atoms with Crippen LogP contribution in [0.5, 0.6) is 0 Å². The fourth-order valence-electron chi connectivity index (χ4n) is 0.629. The Labute approximate surface area is 68.1 Å². The third-order valence-electron chi connectivity index (χ3n) is 1.22. The monoisotopic (exact) mass is 172 g/mol. The first kappa shape index (κ1) is 8.16. The third kappa shape index (κ3) is 1.75. The molecule has 0 spiro atoms. The smallest absolute Gasteiger partial charge is 0.328 e. The van der Waals surface area contributed by atoms with Gasteiger partial charge < -0.3 is 10.5 Å². The molecule has 2 N–H and O–H groups in total. The fraction of sp³-hybridized carbons (Fsp3) is 0.333. The van der Waals surface area contributed by atoms with Crippen LogP contribution in [-0.2, 0) is 9.53 Å². The lowest BCUT2D eigenvalue weighted by Gasteiger charge is -2.04. The van der Waals surface area contributed by atoms with E-state index in [-0.39, 0.29) is 0 Å². The average Bonchev–Trinajstić information content (AvgIpc) is 2.53. The summed E-state index contributed by atoms with van der Waals surface area (Å²) in [5.41, 5.74) is 5.49. The molecule has 0 aromatic carbocycles. The Balaban J connectivity index is 2.70.